The normalized spacial score (nSPS) is 10.3. The number of anilines is 1. The summed E-state index contributed by atoms with van der Waals surface area (Å²) in [6, 6.07) is 16.0. The van der Waals surface area contributed by atoms with Crippen LogP contribution >= 0.6 is 0 Å². The quantitative estimate of drug-likeness (QED) is 0.810. The molecule has 0 aliphatic heterocycles. The molecule has 132 valence electrons. The van der Waals surface area contributed by atoms with E-state index in [9.17, 15) is 19.8 Å². The average molecular weight is 342 g/mol. The zero-order chi connectivity index (χ0) is 18.2. The molecule has 2 aromatic rings. The Morgan fingerprint density at radius 3 is 2.20 bits per heavy atom. The molecule has 0 bridgehead atoms. The Labute approximate surface area is 146 Å². The van der Waals surface area contributed by atoms with Gasteiger partial charge in [-0.3, -0.25) is 9.69 Å². The first kappa shape index (κ1) is 18.5. The van der Waals surface area contributed by atoms with E-state index in [4.69, 9.17) is 0 Å². The van der Waals surface area contributed by atoms with E-state index < -0.39 is 18.5 Å². The molecule has 2 rings (SSSR count). The molecule has 0 atom stereocenters. The molecule has 6 heteroatoms. The molecule has 0 radical (unpaired) electrons. The number of carboxylic acid groups (broad SMARTS) is 1. The third kappa shape index (κ3) is 5.32. The lowest BCUT2D eigenvalue weighted by Gasteiger charge is -2.29. The van der Waals surface area contributed by atoms with E-state index >= 15 is 0 Å². The molecule has 0 spiro atoms. The van der Waals surface area contributed by atoms with Gasteiger partial charge in [0, 0.05) is 18.8 Å². The fourth-order valence-corrected chi connectivity index (χ4v) is 2.47. The van der Waals surface area contributed by atoms with Crippen LogP contribution in [0, 0.1) is 6.92 Å². The number of aliphatic carboxylic acids is 1. The highest BCUT2D eigenvalue weighted by molar-refractivity contribution is 5.96. The molecule has 0 unspecified atom stereocenters. The number of aliphatic hydroxyl groups excluding tert-OH is 1. The molecule has 0 fully saturated rings. The number of aryl methyl sites for hydroxylation is 1. The Morgan fingerprint density at radius 2 is 1.64 bits per heavy atom. The number of nitrogens with zero attached hydrogens (tertiary/aromatic N) is 2. The van der Waals surface area contributed by atoms with Crippen LogP contribution in [0.1, 0.15) is 11.1 Å². The van der Waals surface area contributed by atoms with Gasteiger partial charge in [-0.2, -0.15) is 0 Å². The molecule has 2 N–H and O–H groups in total. The van der Waals surface area contributed by atoms with Crippen LogP contribution in [0.3, 0.4) is 0 Å². The van der Waals surface area contributed by atoms with E-state index in [2.05, 4.69) is 0 Å². The van der Waals surface area contributed by atoms with E-state index in [0.29, 0.717) is 12.2 Å². The number of aliphatic hydroxyl groups is 1. The van der Waals surface area contributed by atoms with Gasteiger partial charge in [-0.05, 0) is 24.6 Å². The first-order valence-corrected chi connectivity index (χ1v) is 8.01. The summed E-state index contributed by atoms with van der Waals surface area (Å²) >= 11 is 0. The van der Waals surface area contributed by atoms with Crippen LogP contribution in [0.2, 0.25) is 0 Å². The van der Waals surface area contributed by atoms with Crippen molar-refractivity contribution in [2.45, 2.75) is 13.5 Å². The van der Waals surface area contributed by atoms with E-state index in [0.717, 1.165) is 11.1 Å². The summed E-state index contributed by atoms with van der Waals surface area (Å²) in [6.45, 7) is 1.69. The Balaban J connectivity index is 2.27. The zero-order valence-corrected chi connectivity index (χ0v) is 14.1. The molecule has 0 heterocycles. The summed E-state index contributed by atoms with van der Waals surface area (Å²) in [6.07, 6.45) is 0. The molecule has 0 aliphatic carbocycles. The third-order valence-electron chi connectivity index (χ3n) is 3.73. The lowest BCUT2D eigenvalue weighted by atomic mass is 10.2. The highest BCUT2D eigenvalue weighted by atomic mass is 16.4. The fourth-order valence-electron chi connectivity index (χ4n) is 2.47. The van der Waals surface area contributed by atoms with Crippen LogP contribution in [0.4, 0.5) is 10.5 Å². The molecule has 25 heavy (non-hydrogen) atoms. The van der Waals surface area contributed by atoms with Gasteiger partial charge in [0.25, 0.3) is 0 Å². The predicted molar refractivity (Wildman–Crippen MR) is 95.5 cm³/mol. The van der Waals surface area contributed by atoms with Gasteiger partial charge in [0.15, 0.2) is 0 Å². The topological polar surface area (TPSA) is 81.1 Å². The first-order chi connectivity index (χ1) is 12.0. The van der Waals surface area contributed by atoms with Crippen LogP contribution < -0.4 is 4.90 Å². The maximum absolute atomic E-state index is 12.9. The van der Waals surface area contributed by atoms with Crippen LogP contribution in [-0.4, -0.2) is 46.8 Å². The van der Waals surface area contributed by atoms with E-state index in [1.165, 1.54) is 9.80 Å². The second-order valence-electron chi connectivity index (χ2n) is 5.73. The van der Waals surface area contributed by atoms with Crippen molar-refractivity contribution in [3.63, 3.8) is 0 Å². The minimum Gasteiger partial charge on any atom is -0.480 e. The second kappa shape index (κ2) is 8.84. The Kier molecular flexibility index (Phi) is 6.54. The molecule has 0 saturated carbocycles. The van der Waals surface area contributed by atoms with Gasteiger partial charge < -0.3 is 15.1 Å². The molecule has 6 nitrogen and oxygen atoms in total. The van der Waals surface area contributed by atoms with Crippen molar-refractivity contribution in [1.82, 2.24) is 4.90 Å². The number of rotatable bonds is 7. The van der Waals surface area contributed by atoms with Crippen molar-refractivity contribution in [2.75, 3.05) is 24.6 Å². The molecule has 0 saturated heterocycles. The summed E-state index contributed by atoms with van der Waals surface area (Å²) in [4.78, 5) is 26.8. The average Bonchev–Trinajstić information content (AvgIpc) is 2.60. The summed E-state index contributed by atoms with van der Waals surface area (Å²) in [5.74, 6) is -1.10. The largest absolute Gasteiger partial charge is 0.480 e. The number of carbonyl (C=O) groups excluding carboxylic acids is 1. The van der Waals surface area contributed by atoms with E-state index in [-0.39, 0.29) is 13.2 Å². The third-order valence-corrected chi connectivity index (χ3v) is 3.73. The molecular weight excluding hydrogens is 320 g/mol. The smallest absolute Gasteiger partial charge is 0.325 e. The van der Waals surface area contributed by atoms with Gasteiger partial charge in [0.05, 0.1) is 6.61 Å². The summed E-state index contributed by atoms with van der Waals surface area (Å²) in [5, 5.41) is 18.5. The Bertz CT molecular complexity index is 701. The van der Waals surface area contributed by atoms with Gasteiger partial charge in [0.1, 0.15) is 6.54 Å². The van der Waals surface area contributed by atoms with Crippen molar-refractivity contribution in [3.05, 3.63) is 65.7 Å². The number of amides is 2. The highest BCUT2D eigenvalue weighted by Crippen LogP contribution is 2.18. The van der Waals surface area contributed by atoms with Crippen molar-refractivity contribution < 1.29 is 19.8 Å². The lowest BCUT2D eigenvalue weighted by Crippen LogP contribution is -2.46. The SMILES string of the molecule is Cc1ccc(N(CC(=O)O)C(=O)N(CCO)Cc2ccccc2)cc1. The summed E-state index contributed by atoms with van der Waals surface area (Å²) < 4.78 is 0. The van der Waals surface area contributed by atoms with Gasteiger partial charge in [-0.15, -0.1) is 0 Å². The van der Waals surface area contributed by atoms with Gasteiger partial charge in [-0.1, -0.05) is 48.0 Å². The highest BCUT2D eigenvalue weighted by Gasteiger charge is 2.24. The monoisotopic (exact) mass is 342 g/mol. The Morgan fingerprint density at radius 1 is 1.00 bits per heavy atom. The molecule has 2 amide bonds. The van der Waals surface area contributed by atoms with Crippen molar-refractivity contribution >= 4 is 17.7 Å². The maximum atomic E-state index is 12.9. The van der Waals surface area contributed by atoms with Gasteiger partial charge >= 0.3 is 12.0 Å². The minimum atomic E-state index is -1.10. The predicted octanol–water partition coefficient (Wildman–Crippen LogP) is 2.50. The number of hydrogen-bond donors (Lipinski definition) is 2. The number of carbonyl (C=O) groups is 2. The van der Waals surface area contributed by atoms with Crippen LogP contribution in [0.25, 0.3) is 0 Å². The molecular formula is C19H22N2O4. The van der Waals surface area contributed by atoms with E-state index in [1.54, 1.807) is 12.1 Å². The summed E-state index contributed by atoms with van der Waals surface area (Å²) in [7, 11) is 0. The maximum Gasteiger partial charge on any atom is 0.325 e. The number of hydrogen-bond acceptors (Lipinski definition) is 3. The van der Waals surface area contributed by atoms with Gasteiger partial charge in [-0.25, -0.2) is 4.79 Å². The van der Waals surface area contributed by atoms with Crippen molar-refractivity contribution in [3.8, 4) is 0 Å². The van der Waals surface area contributed by atoms with Crippen molar-refractivity contribution in [2.24, 2.45) is 0 Å². The van der Waals surface area contributed by atoms with Crippen LogP contribution in [0.15, 0.2) is 54.6 Å². The fraction of sp³-hybridized carbons (Fsp3) is 0.263. The zero-order valence-electron chi connectivity index (χ0n) is 14.1. The van der Waals surface area contributed by atoms with E-state index in [1.807, 2.05) is 49.4 Å². The molecule has 0 aromatic heterocycles. The van der Waals surface area contributed by atoms with Crippen molar-refractivity contribution in [1.29, 1.82) is 0 Å². The standard InChI is InChI=1S/C19H22N2O4/c1-15-7-9-17(10-8-15)21(14-18(23)24)19(25)20(11-12-22)13-16-5-3-2-4-6-16/h2-10,22H,11-14H2,1H3,(H,23,24). The Hall–Kier alpha value is -2.86. The second-order valence-corrected chi connectivity index (χ2v) is 5.73. The minimum absolute atomic E-state index is 0.121. The van der Waals surface area contributed by atoms with Crippen LogP contribution in [0.5, 0.6) is 0 Å². The lowest BCUT2D eigenvalue weighted by molar-refractivity contribution is -0.135. The van der Waals surface area contributed by atoms with Gasteiger partial charge in [0.2, 0.25) is 0 Å². The number of carboxylic acids is 1. The first-order valence-electron chi connectivity index (χ1n) is 8.01. The number of benzene rings is 2. The van der Waals surface area contributed by atoms with Crippen LogP contribution in [-0.2, 0) is 11.3 Å². The number of urea groups is 1. The molecule has 0 aliphatic rings. The summed E-state index contributed by atoms with van der Waals surface area (Å²) in [5.41, 5.74) is 2.43. The molecule has 2 aromatic carbocycles.